The van der Waals surface area contributed by atoms with Gasteiger partial charge in [-0.05, 0) is 0 Å². The monoisotopic (exact) mass is 255 g/mol. The van der Waals surface area contributed by atoms with Crippen LogP contribution >= 0.6 is 11.6 Å². The zero-order chi connectivity index (χ0) is 12.4. The molecule has 0 unspecified atom stereocenters. The number of nitrogens with zero attached hydrogens (tertiary/aromatic N) is 4. The Labute approximate surface area is 102 Å². The largest absolute Gasteiger partial charge is 0.479 e. The molecule has 0 spiro atoms. The molecule has 0 saturated carbocycles. The fourth-order valence-corrected chi connectivity index (χ4v) is 1.74. The minimum Gasteiger partial charge on any atom is -0.479 e. The number of carbonyl (C=O) groups is 1. The van der Waals surface area contributed by atoms with Crippen LogP contribution in [0.15, 0.2) is 6.33 Å². The molecular weight excluding hydrogens is 246 g/mol. The molecule has 0 saturated heterocycles. The summed E-state index contributed by atoms with van der Waals surface area (Å²) in [7, 11) is 1.48. The Hall–Kier alpha value is -1.89. The van der Waals surface area contributed by atoms with E-state index in [1.165, 1.54) is 13.4 Å². The van der Waals surface area contributed by atoms with Gasteiger partial charge in [-0.1, -0.05) is 0 Å². The van der Waals surface area contributed by atoms with Crippen LogP contribution in [0.25, 0.3) is 11.2 Å². The predicted molar refractivity (Wildman–Crippen MR) is 60.6 cm³/mol. The summed E-state index contributed by atoms with van der Waals surface area (Å²) in [6.45, 7) is -0.0290. The summed E-state index contributed by atoms with van der Waals surface area (Å²) >= 11 is 5.76. The number of alkyl halides is 1. The highest BCUT2D eigenvalue weighted by Crippen LogP contribution is 2.22. The third-order valence-electron chi connectivity index (χ3n) is 2.20. The lowest BCUT2D eigenvalue weighted by Gasteiger charge is -2.03. The molecule has 0 aliphatic carbocycles. The van der Waals surface area contributed by atoms with Crippen molar-refractivity contribution < 1.29 is 9.53 Å². The second-order valence-electron chi connectivity index (χ2n) is 3.27. The number of nitrogens with two attached hydrogens (primary N) is 1. The minimum atomic E-state index is -0.492. The van der Waals surface area contributed by atoms with Gasteiger partial charge in [0, 0.05) is 0 Å². The van der Waals surface area contributed by atoms with Gasteiger partial charge in [-0.2, -0.15) is 4.98 Å². The summed E-state index contributed by atoms with van der Waals surface area (Å²) in [5, 5.41) is 0. The molecule has 8 heteroatoms. The molecule has 2 aromatic rings. The molecule has 1 amide bonds. The number of imidazole rings is 1. The Morgan fingerprint density at radius 3 is 2.94 bits per heavy atom. The van der Waals surface area contributed by atoms with E-state index in [1.54, 1.807) is 4.57 Å². The third-order valence-corrected chi connectivity index (χ3v) is 2.44. The van der Waals surface area contributed by atoms with E-state index in [2.05, 4.69) is 15.0 Å². The normalized spacial score (nSPS) is 10.7. The van der Waals surface area contributed by atoms with Gasteiger partial charge in [-0.25, -0.2) is 9.97 Å². The molecule has 2 aromatic heterocycles. The van der Waals surface area contributed by atoms with Gasteiger partial charge in [-0.3, -0.25) is 4.79 Å². The number of methoxy groups -OCH3 is 1. The molecule has 0 aliphatic heterocycles. The van der Waals surface area contributed by atoms with Crippen LogP contribution in [0.3, 0.4) is 0 Å². The number of rotatable bonds is 4. The number of fused-ring (bicyclic) bond motifs is 1. The number of amides is 1. The topological polar surface area (TPSA) is 95.9 Å². The van der Waals surface area contributed by atoms with Crippen molar-refractivity contribution in [2.24, 2.45) is 5.73 Å². The van der Waals surface area contributed by atoms with Crippen LogP contribution in [0.2, 0.25) is 0 Å². The number of hydrogen-bond acceptors (Lipinski definition) is 5. The maximum atomic E-state index is 11.0. The van der Waals surface area contributed by atoms with E-state index < -0.39 is 5.91 Å². The highest BCUT2D eigenvalue weighted by Gasteiger charge is 2.16. The van der Waals surface area contributed by atoms with Gasteiger partial charge >= 0.3 is 0 Å². The average molecular weight is 256 g/mol. The van der Waals surface area contributed by atoms with Crippen LogP contribution in [0, 0.1) is 0 Å². The van der Waals surface area contributed by atoms with Gasteiger partial charge in [-0.15, -0.1) is 11.6 Å². The average Bonchev–Trinajstić information content (AvgIpc) is 2.66. The van der Waals surface area contributed by atoms with Gasteiger partial charge in [0.1, 0.15) is 18.7 Å². The van der Waals surface area contributed by atoms with Crippen molar-refractivity contribution in [2.75, 3.05) is 7.11 Å². The van der Waals surface area contributed by atoms with Gasteiger partial charge in [0.15, 0.2) is 11.2 Å². The Morgan fingerprint density at radius 2 is 2.35 bits per heavy atom. The van der Waals surface area contributed by atoms with Crippen molar-refractivity contribution in [3.05, 3.63) is 12.2 Å². The molecule has 17 heavy (non-hydrogen) atoms. The molecule has 0 aliphatic rings. The van der Waals surface area contributed by atoms with E-state index in [0.29, 0.717) is 22.9 Å². The van der Waals surface area contributed by atoms with Crippen molar-refractivity contribution in [2.45, 2.75) is 12.4 Å². The molecule has 0 aromatic carbocycles. The van der Waals surface area contributed by atoms with Crippen LogP contribution in [0.4, 0.5) is 0 Å². The molecule has 2 N–H and O–H groups in total. The van der Waals surface area contributed by atoms with Crippen LogP contribution < -0.4 is 10.5 Å². The van der Waals surface area contributed by atoms with E-state index >= 15 is 0 Å². The zero-order valence-electron chi connectivity index (χ0n) is 9.05. The standard InChI is InChI=1S/C9H10ClN5O2/c1-17-9-7-8(12-4-13-9)15(3-5(11)16)6(2-10)14-7/h4H,2-3H2,1H3,(H2,11,16). The second kappa shape index (κ2) is 4.54. The smallest absolute Gasteiger partial charge is 0.245 e. The van der Waals surface area contributed by atoms with Crippen LogP contribution in [-0.4, -0.2) is 32.5 Å². The number of hydrogen-bond donors (Lipinski definition) is 1. The Kier molecular flexibility index (Phi) is 3.10. The first-order chi connectivity index (χ1) is 8.17. The van der Waals surface area contributed by atoms with Gasteiger partial charge in [0.25, 0.3) is 0 Å². The van der Waals surface area contributed by atoms with Crippen molar-refractivity contribution in [1.29, 1.82) is 0 Å². The van der Waals surface area contributed by atoms with Crippen LogP contribution in [0.5, 0.6) is 5.88 Å². The van der Waals surface area contributed by atoms with Crippen LogP contribution in [0.1, 0.15) is 5.82 Å². The number of carbonyl (C=O) groups excluding carboxylic acids is 1. The zero-order valence-corrected chi connectivity index (χ0v) is 9.81. The van der Waals surface area contributed by atoms with Crippen molar-refractivity contribution in [3.63, 3.8) is 0 Å². The minimum absolute atomic E-state index is 0.0290. The summed E-state index contributed by atoms with van der Waals surface area (Å²) in [5.41, 5.74) is 6.11. The predicted octanol–water partition coefficient (Wildman–Crippen LogP) is 0.0590. The summed E-state index contributed by atoms with van der Waals surface area (Å²) in [6.07, 6.45) is 1.33. The summed E-state index contributed by atoms with van der Waals surface area (Å²) in [4.78, 5) is 23.2. The number of aromatic nitrogens is 4. The molecule has 0 bridgehead atoms. The highest BCUT2D eigenvalue weighted by molar-refractivity contribution is 6.16. The molecule has 2 heterocycles. The molecule has 0 atom stereocenters. The first-order valence-electron chi connectivity index (χ1n) is 4.75. The Morgan fingerprint density at radius 1 is 1.59 bits per heavy atom. The van der Waals surface area contributed by atoms with Gasteiger partial charge < -0.3 is 15.0 Å². The maximum Gasteiger partial charge on any atom is 0.245 e. The maximum absolute atomic E-state index is 11.0. The highest BCUT2D eigenvalue weighted by atomic mass is 35.5. The molecule has 2 rings (SSSR count). The van der Waals surface area contributed by atoms with Gasteiger partial charge in [0.2, 0.25) is 11.8 Å². The Bertz CT molecular complexity index is 568. The van der Waals surface area contributed by atoms with E-state index in [0.717, 1.165) is 0 Å². The molecule has 0 radical (unpaired) electrons. The molecule has 90 valence electrons. The van der Waals surface area contributed by atoms with Crippen molar-refractivity contribution in [3.8, 4) is 5.88 Å². The SMILES string of the molecule is COc1ncnc2c1nc(CCl)n2CC(N)=O. The lowest BCUT2D eigenvalue weighted by Crippen LogP contribution is -2.20. The van der Waals surface area contributed by atoms with Crippen LogP contribution in [-0.2, 0) is 17.2 Å². The van der Waals surface area contributed by atoms with Gasteiger partial charge in [0.05, 0.1) is 13.0 Å². The fraction of sp³-hybridized carbons (Fsp3) is 0.333. The molecular formula is C9H10ClN5O2. The van der Waals surface area contributed by atoms with E-state index in [9.17, 15) is 4.79 Å². The summed E-state index contributed by atoms with van der Waals surface area (Å²) in [6, 6.07) is 0. The first kappa shape index (κ1) is 11.6. The summed E-state index contributed by atoms with van der Waals surface area (Å²) in [5.74, 6) is 0.490. The first-order valence-corrected chi connectivity index (χ1v) is 5.29. The van der Waals surface area contributed by atoms with Crippen molar-refractivity contribution >= 4 is 28.7 Å². The Balaban J connectivity index is 2.67. The molecule has 7 nitrogen and oxygen atoms in total. The van der Waals surface area contributed by atoms with E-state index in [1.807, 2.05) is 0 Å². The number of ether oxygens (including phenoxy) is 1. The second-order valence-corrected chi connectivity index (χ2v) is 3.54. The number of primary amides is 1. The number of halogens is 1. The van der Waals surface area contributed by atoms with Crippen molar-refractivity contribution in [1.82, 2.24) is 19.5 Å². The summed E-state index contributed by atoms with van der Waals surface area (Å²) < 4.78 is 6.61. The fourth-order valence-electron chi connectivity index (χ4n) is 1.53. The lowest BCUT2D eigenvalue weighted by molar-refractivity contribution is -0.118. The van der Waals surface area contributed by atoms with E-state index in [-0.39, 0.29) is 12.4 Å². The quantitative estimate of drug-likeness (QED) is 0.780. The molecule has 0 fully saturated rings. The van der Waals surface area contributed by atoms with E-state index in [4.69, 9.17) is 22.1 Å². The third kappa shape index (κ3) is 2.01. The lowest BCUT2D eigenvalue weighted by atomic mass is 10.5.